The molecule has 0 aromatic heterocycles. The summed E-state index contributed by atoms with van der Waals surface area (Å²) in [6.07, 6.45) is 4.92. The minimum absolute atomic E-state index is 0.00692. The summed E-state index contributed by atoms with van der Waals surface area (Å²) in [7, 11) is 1.64. The van der Waals surface area contributed by atoms with Crippen molar-refractivity contribution in [2.45, 2.75) is 71.8 Å². The molecule has 0 fully saturated rings. The molecule has 1 aliphatic heterocycles. The second-order valence-corrected chi connectivity index (χ2v) is 9.48. The largest absolute Gasteiger partial charge is 0.497 e. The fourth-order valence-corrected chi connectivity index (χ4v) is 4.38. The Morgan fingerprint density at radius 1 is 1.12 bits per heavy atom. The molecule has 0 bridgehead atoms. The van der Waals surface area contributed by atoms with E-state index in [9.17, 15) is 9.59 Å². The smallest absolute Gasteiger partial charge is 0.227 e. The maximum absolute atomic E-state index is 13.1. The molecule has 33 heavy (non-hydrogen) atoms. The van der Waals surface area contributed by atoms with Crippen LogP contribution in [0.1, 0.15) is 81.3 Å². The number of carbonyl (C=O) groups is 2. The number of fused-ring (bicyclic) bond motifs is 1. The van der Waals surface area contributed by atoms with Gasteiger partial charge in [0.15, 0.2) is 5.78 Å². The fraction of sp³-hybridized carbons (Fsp3) is 0.464. The first kappa shape index (κ1) is 24.7. The van der Waals surface area contributed by atoms with Gasteiger partial charge in [0.05, 0.1) is 24.8 Å². The number of nitrogens with zero attached hydrogens (tertiary/aromatic N) is 1. The van der Waals surface area contributed by atoms with Crippen molar-refractivity contribution in [1.82, 2.24) is 0 Å². The van der Waals surface area contributed by atoms with Gasteiger partial charge in [-0.1, -0.05) is 32.8 Å². The van der Waals surface area contributed by atoms with Crippen LogP contribution in [-0.4, -0.2) is 30.1 Å². The van der Waals surface area contributed by atoms with Crippen LogP contribution in [0.3, 0.4) is 0 Å². The van der Waals surface area contributed by atoms with Crippen molar-refractivity contribution in [1.29, 1.82) is 0 Å². The molecule has 5 heteroatoms. The second-order valence-electron chi connectivity index (χ2n) is 9.48. The molecule has 1 unspecified atom stereocenters. The molecule has 2 aromatic rings. The number of amides is 1. The third-order valence-electron chi connectivity index (χ3n) is 6.26. The summed E-state index contributed by atoms with van der Waals surface area (Å²) >= 11 is 0. The first-order valence-electron chi connectivity index (χ1n) is 12.0. The number of nitrogens with one attached hydrogen (secondary N) is 1. The zero-order valence-corrected chi connectivity index (χ0v) is 20.5. The van der Waals surface area contributed by atoms with E-state index in [1.165, 1.54) is 5.56 Å². The highest BCUT2D eigenvalue weighted by atomic mass is 16.5. The van der Waals surface area contributed by atoms with E-state index in [1.54, 1.807) is 31.4 Å². The average molecular weight is 449 g/mol. The number of methoxy groups -OCH3 is 1. The number of anilines is 1. The predicted molar refractivity (Wildman–Crippen MR) is 135 cm³/mol. The maximum Gasteiger partial charge on any atom is 0.227 e. The summed E-state index contributed by atoms with van der Waals surface area (Å²) in [5.74, 6) is 0.843. The minimum atomic E-state index is -0.251. The summed E-state index contributed by atoms with van der Waals surface area (Å²) in [5, 5.41) is 3.00. The molecule has 0 saturated heterocycles. The van der Waals surface area contributed by atoms with E-state index in [0.717, 1.165) is 54.8 Å². The monoisotopic (exact) mass is 448 g/mol. The van der Waals surface area contributed by atoms with Crippen molar-refractivity contribution < 1.29 is 14.3 Å². The number of ether oxygens (including phenoxy) is 1. The lowest BCUT2D eigenvalue weighted by atomic mass is 9.85. The first-order valence-corrected chi connectivity index (χ1v) is 12.0. The lowest BCUT2D eigenvalue weighted by molar-refractivity contribution is -0.120. The van der Waals surface area contributed by atoms with E-state index in [4.69, 9.17) is 9.73 Å². The first-order chi connectivity index (χ1) is 15.8. The molecular weight excluding hydrogens is 412 g/mol. The number of hydrogen-bond donors (Lipinski definition) is 1. The number of hydrogen-bond acceptors (Lipinski definition) is 4. The molecule has 1 heterocycles. The molecule has 3 rings (SSSR count). The van der Waals surface area contributed by atoms with Crippen molar-refractivity contribution >= 4 is 23.1 Å². The lowest BCUT2D eigenvalue weighted by Gasteiger charge is -2.29. The van der Waals surface area contributed by atoms with Crippen LogP contribution in [0.25, 0.3) is 0 Å². The highest BCUT2D eigenvalue weighted by Gasteiger charge is 2.28. The van der Waals surface area contributed by atoms with Gasteiger partial charge in [0, 0.05) is 22.7 Å². The van der Waals surface area contributed by atoms with Crippen molar-refractivity contribution in [2.75, 3.05) is 12.4 Å². The fourth-order valence-electron chi connectivity index (χ4n) is 4.38. The topological polar surface area (TPSA) is 67.8 Å². The third kappa shape index (κ3) is 6.31. The maximum atomic E-state index is 13.1. The Morgan fingerprint density at radius 2 is 1.85 bits per heavy atom. The van der Waals surface area contributed by atoms with Crippen molar-refractivity contribution in [3.05, 3.63) is 59.2 Å². The lowest BCUT2D eigenvalue weighted by Crippen LogP contribution is -2.30. The van der Waals surface area contributed by atoms with Gasteiger partial charge in [0.1, 0.15) is 5.75 Å². The molecule has 0 spiro atoms. The van der Waals surface area contributed by atoms with Gasteiger partial charge < -0.3 is 10.1 Å². The molecule has 176 valence electrons. The minimum Gasteiger partial charge on any atom is -0.497 e. The van der Waals surface area contributed by atoms with Crippen LogP contribution in [0.4, 0.5) is 5.69 Å². The Kier molecular flexibility index (Phi) is 8.06. The summed E-state index contributed by atoms with van der Waals surface area (Å²) in [4.78, 5) is 30.5. The van der Waals surface area contributed by atoms with E-state index < -0.39 is 0 Å². The van der Waals surface area contributed by atoms with E-state index in [-0.39, 0.29) is 29.6 Å². The van der Waals surface area contributed by atoms with Crippen LogP contribution in [0.2, 0.25) is 0 Å². The van der Waals surface area contributed by atoms with Gasteiger partial charge in [0.25, 0.3) is 0 Å². The molecule has 2 aromatic carbocycles. The zero-order chi connectivity index (χ0) is 24.0. The number of aliphatic imine (C=N–C) groups is 1. The van der Waals surface area contributed by atoms with Crippen LogP contribution in [0.5, 0.6) is 5.75 Å². The Hall–Kier alpha value is -2.95. The molecule has 1 amide bonds. The molecule has 1 atom stereocenters. The molecule has 0 aliphatic carbocycles. The molecule has 1 N–H and O–H groups in total. The molecule has 0 saturated carbocycles. The van der Waals surface area contributed by atoms with Crippen LogP contribution >= 0.6 is 0 Å². The highest BCUT2D eigenvalue weighted by molar-refractivity contribution is 6.17. The normalized spacial score (nSPS) is 15.2. The summed E-state index contributed by atoms with van der Waals surface area (Å²) < 4.78 is 5.39. The van der Waals surface area contributed by atoms with Crippen molar-refractivity contribution in [2.24, 2.45) is 10.9 Å². The number of Topliss-reactive ketones (excluding diaryl/α,β-unsaturated/α-hetero) is 1. The highest BCUT2D eigenvalue weighted by Crippen LogP contribution is 2.31. The van der Waals surface area contributed by atoms with E-state index >= 15 is 0 Å². The van der Waals surface area contributed by atoms with Gasteiger partial charge in [-0.2, -0.15) is 0 Å². The summed E-state index contributed by atoms with van der Waals surface area (Å²) in [5.41, 5.74) is 4.05. The Morgan fingerprint density at radius 3 is 2.48 bits per heavy atom. The quantitative estimate of drug-likeness (QED) is 0.437. The van der Waals surface area contributed by atoms with Gasteiger partial charge in [-0.15, -0.1) is 0 Å². The molecular formula is C28H36N2O3. The Labute approximate surface area is 197 Å². The predicted octanol–water partition coefficient (Wildman–Crippen LogP) is 6.25. The van der Waals surface area contributed by atoms with Gasteiger partial charge in [-0.3, -0.25) is 14.6 Å². The van der Waals surface area contributed by atoms with E-state index in [1.807, 2.05) is 19.1 Å². The summed E-state index contributed by atoms with van der Waals surface area (Å²) in [6, 6.07) is 13.2. The Bertz CT molecular complexity index is 1020. The van der Waals surface area contributed by atoms with Gasteiger partial charge >= 0.3 is 0 Å². The number of unbranched alkanes of at least 4 members (excludes halogenated alkanes) is 1. The SMILES string of the molecule is CCCCC(CC)C(=O)Nc1ccc(C(=O)CC2=NC(C)(C)Cc3ccc(OC)cc32)cc1. The second kappa shape index (κ2) is 10.8. The van der Waals surface area contributed by atoms with E-state index in [2.05, 4.69) is 32.2 Å². The molecule has 1 aliphatic rings. The molecule has 0 radical (unpaired) electrons. The summed E-state index contributed by atoms with van der Waals surface area (Å²) in [6.45, 7) is 8.36. The van der Waals surface area contributed by atoms with Crippen molar-refractivity contribution in [3.63, 3.8) is 0 Å². The number of carbonyl (C=O) groups excluding carboxylic acids is 2. The van der Waals surface area contributed by atoms with Crippen LogP contribution < -0.4 is 10.1 Å². The van der Waals surface area contributed by atoms with Crippen LogP contribution in [0.15, 0.2) is 47.5 Å². The number of benzene rings is 2. The van der Waals surface area contributed by atoms with Gasteiger partial charge in [-0.25, -0.2) is 0 Å². The van der Waals surface area contributed by atoms with Gasteiger partial charge in [0.2, 0.25) is 5.91 Å². The molecule has 5 nitrogen and oxygen atoms in total. The standard InChI is InChI=1S/C28H36N2O3/c1-6-8-9-19(7-2)27(32)29-22-13-10-20(11-14-22)26(31)17-25-24-16-23(33-5)15-12-21(24)18-28(3,4)30-25/h10-16,19H,6-9,17-18H2,1-5H3,(H,29,32). The van der Waals surface area contributed by atoms with Crippen molar-refractivity contribution in [3.8, 4) is 5.75 Å². The zero-order valence-electron chi connectivity index (χ0n) is 20.5. The third-order valence-corrected chi connectivity index (χ3v) is 6.26. The number of ketones is 1. The number of rotatable bonds is 10. The van der Waals surface area contributed by atoms with Crippen LogP contribution in [-0.2, 0) is 11.2 Å². The Balaban J connectivity index is 1.72. The van der Waals surface area contributed by atoms with Gasteiger partial charge in [-0.05, 0) is 75.1 Å². The van der Waals surface area contributed by atoms with E-state index in [0.29, 0.717) is 5.56 Å². The average Bonchev–Trinajstić information content (AvgIpc) is 2.79. The van der Waals surface area contributed by atoms with Crippen LogP contribution in [0, 0.1) is 5.92 Å².